The van der Waals surface area contributed by atoms with Crippen LogP contribution in [0.5, 0.6) is 0 Å². The average molecular weight is 591 g/mol. The van der Waals surface area contributed by atoms with Crippen molar-refractivity contribution in [2.24, 2.45) is 5.92 Å². The fourth-order valence-electron chi connectivity index (χ4n) is 5.31. The Bertz CT molecular complexity index is 1340. The number of methoxy groups -OCH3 is 1. The highest BCUT2D eigenvalue weighted by molar-refractivity contribution is 7.89. The number of piperidine rings is 1. The molecule has 1 aromatic carbocycles. The van der Waals surface area contributed by atoms with Crippen molar-refractivity contribution in [3.63, 3.8) is 0 Å². The number of likely N-dealkylation sites (N-methyl/N-ethyl adjacent to an activating group) is 1. The molecule has 1 fully saturated rings. The Hall–Kier alpha value is -2.80. The zero-order valence-corrected chi connectivity index (χ0v) is 25.2. The lowest BCUT2D eigenvalue weighted by molar-refractivity contribution is -0.146. The lowest BCUT2D eigenvalue weighted by Gasteiger charge is -2.29. The molecule has 2 aromatic rings. The molecule has 0 atom stereocenters. The van der Waals surface area contributed by atoms with Gasteiger partial charge >= 0.3 is 5.97 Å². The average Bonchev–Trinajstić information content (AvgIpc) is 3.34. The van der Waals surface area contributed by atoms with Gasteiger partial charge in [0.1, 0.15) is 5.00 Å². The van der Waals surface area contributed by atoms with Crippen molar-refractivity contribution < 1.29 is 27.5 Å². The number of nitrogens with zero attached hydrogens (tertiary/aromatic N) is 3. The maximum atomic E-state index is 13.5. The first-order chi connectivity index (χ1) is 19.1. The normalized spacial score (nSPS) is 16.8. The number of nitrogens with one attached hydrogen (secondary N) is 1. The number of esters is 1. The minimum atomic E-state index is -3.77. The van der Waals surface area contributed by atoms with Gasteiger partial charge in [0.15, 0.2) is 0 Å². The first-order valence-electron chi connectivity index (χ1n) is 13.8. The molecule has 4 rings (SSSR count). The van der Waals surface area contributed by atoms with Crippen LogP contribution in [0.2, 0.25) is 0 Å². The van der Waals surface area contributed by atoms with E-state index in [4.69, 9.17) is 4.74 Å². The van der Waals surface area contributed by atoms with Gasteiger partial charge in [-0.3, -0.25) is 19.3 Å². The number of carbonyl (C=O) groups is 3. The second-order valence-electron chi connectivity index (χ2n) is 9.98. The van der Waals surface area contributed by atoms with E-state index in [1.807, 2.05) is 13.8 Å². The molecule has 0 bridgehead atoms. The number of fused-ring (bicyclic) bond motifs is 1. The molecular formula is C28H38N4O6S2. The van der Waals surface area contributed by atoms with E-state index in [-0.39, 0.29) is 35.8 Å². The van der Waals surface area contributed by atoms with E-state index in [2.05, 4.69) is 17.1 Å². The summed E-state index contributed by atoms with van der Waals surface area (Å²) in [5, 5.41) is 3.49. The van der Waals surface area contributed by atoms with E-state index in [0.717, 1.165) is 36.5 Å². The molecule has 0 radical (unpaired) electrons. The number of hydrogen-bond acceptors (Lipinski definition) is 8. The summed E-state index contributed by atoms with van der Waals surface area (Å²) in [7, 11) is -2.43. The van der Waals surface area contributed by atoms with E-state index >= 15 is 0 Å². The van der Waals surface area contributed by atoms with Crippen LogP contribution in [-0.2, 0) is 32.5 Å². The highest BCUT2D eigenvalue weighted by Crippen LogP contribution is 2.38. The molecule has 2 amide bonds. The minimum Gasteiger partial charge on any atom is -0.469 e. The lowest BCUT2D eigenvalue weighted by Crippen LogP contribution is -2.40. The third kappa shape index (κ3) is 6.09. The SMILES string of the molecule is CCN1CCc2c(sc(NC(=O)c3ccc(S(=O)(=O)N4CCC(C(=O)OC)CC4)cc3)c2C(=O)N(CC)CC)C1. The third-order valence-electron chi connectivity index (χ3n) is 7.82. The van der Waals surface area contributed by atoms with Crippen LogP contribution in [-0.4, -0.2) is 86.7 Å². The van der Waals surface area contributed by atoms with Crippen molar-refractivity contribution in [1.82, 2.24) is 14.1 Å². The van der Waals surface area contributed by atoms with Crippen LogP contribution in [0.4, 0.5) is 5.00 Å². The van der Waals surface area contributed by atoms with E-state index in [1.54, 1.807) is 4.90 Å². The van der Waals surface area contributed by atoms with E-state index in [0.29, 0.717) is 42.1 Å². The summed E-state index contributed by atoms with van der Waals surface area (Å²) in [4.78, 5) is 43.8. The molecule has 0 aliphatic carbocycles. The fraction of sp³-hybridized carbons (Fsp3) is 0.536. The van der Waals surface area contributed by atoms with Crippen molar-refractivity contribution in [2.75, 3.05) is 51.7 Å². The zero-order valence-electron chi connectivity index (χ0n) is 23.6. The molecule has 1 aromatic heterocycles. The topological polar surface area (TPSA) is 116 Å². The van der Waals surface area contributed by atoms with E-state index < -0.39 is 15.9 Å². The number of thiophene rings is 1. The molecule has 3 heterocycles. The standard InChI is InChI=1S/C28H38N4O6S2/c1-5-30-15-14-22-23(18-30)39-26(24(22)27(34)31(6-2)7-3)29-25(33)19-8-10-21(11-9-19)40(36,37)32-16-12-20(13-17-32)28(35)38-4/h8-11,20H,5-7,12-18H2,1-4H3,(H,29,33). The van der Waals surface area contributed by atoms with Gasteiger partial charge in [-0.05, 0) is 69.5 Å². The summed E-state index contributed by atoms with van der Waals surface area (Å²) < 4.78 is 32.5. The predicted octanol–water partition coefficient (Wildman–Crippen LogP) is 3.43. The van der Waals surface area contributed by atoms with Gasteiger partial charge in [-0.15, -0.1) is 11.3 Å². The van der Waals surface area contributed by atoms with E-state index in [9.17, 15) is 22.8 Å². The molecule has 40 heavy (non-hydrogen) atoms. The number of anilines is 1. The van der Waals surface area contributed by atoms with Gasteiger partial charge in [0, 0.05) is 49.7 Å². The van der Waals surface area contributed by atoms with Gasteiger partial charge < -0.3 is 15.0 Å². The Morgan fingerprint density at radius 3 is 2.27 bits per heavy atom. The largest absolute Gasteiger partial charge is 0.469 e. The summed E-state index contributed by atoms with van der Waals surface area (Å²) in [6.45, 7) is 10.1. The number of ether oxygens (including phenoxy) is 1. The first-order valence-corrected chi connectivity index (χ1v) is 16.1. The van der Waals surface area contributed by atoms with Crippen LogP contribution in [0.3, 0.4) is 0 Å². The molecule has 2 aliphatic heterocycles. The Balaban J connectivity index is 1.52. The highest BCUT2D eigenvalue weighted by atomic mass is 32.2. The van der Waals surface area contributed by atoms with Gasteiger partial charge in [-0.1, -0.05) is 6.92 Å². The summed E-state index contributed by atoms with van der Waals surface area (Å²) in [5.41, 5.74) is 1.88. The summed E-state index contributed by atoms with van der Waals surface area (Å²) in [6, 6.07) is 5.83. The van der Waals surface area contributed by atoms with Gasteiger partial charge in [-0.2, -0.15) is 4.31 Å². The fourth-order valence-corrected chi connectivity index (χ4v) is 8.06. The Labute approximate surface area is 240 Å². The van der Waals surface area contributed by atoms with Crippen LogP contribution in [0.1, 0.15) is 64.8 Å². The number of hydrogen-bond donors (Lipinski definition) is 1. The number of benzene rings is 1. The molecule has 0 unspecified atom stereocenters. The monoisotopic (exact) mass is 590 g/mol. The van der Waals surface area contributed by atoms with Crippen LogP contribution < -0.4 is 5.32 Å². The van der Waals surface area contributed by atoms with Crippen molar-refractivity contribution in [3.05, 3.63) is 45.8 Å². The Morgan fingerprint density at radius 2 is 1.70 bits per heavy atom. The third-order valence-corrected chi connectivity index (χ3v) is 10.9. The molecule has 12 heteroatoms. The van der Waals surface area contributed by atoms with Gasteiger partial charge in [0.25, 0.3) is 11.8 Å². The second kappa shape index (κ2) is 12.8. The van der Waals surface area contributed by atoms with Crippen LogP contribution in [0.25, 0.3) is 0 Å². The van der Waals surface area contributed by atoms with Crippen molar-refractivity contribution >= 4 is 44.1 Å². The summed E-state index contributed by atoms with van der Waals surface area (Å²) >= 11 is 1.44. The molecule has 10 nitrogen and oxygen atoms in total. The number of rotatable bonds is 9. The van der Waals surface area contributed by atoms with E-state index in [1.165, 1.54) is 47.0 Å². The maximum Gasteiger partial charge on any atom is 0.308 e. The number of amides is 2. The maximum absolute atomic E-state index is 13.5. The molecule has 218 valence electrons. The number of carbonyl (C=O) groups excluding carboxylic acids is 3. The molecular weight excluding hydrogens is 552 g/mol. The second-order valence-corrected chi connectivity index (χ2v) is 13.0. The Kier molecular flexibility index (Phi) is 9.65. The molecule has 1 N–H and O–H groups in total. The van der Waals surface area contributed by atoms with Gasteiger partial charge in [0.05, 0.1) is 23.5 Å². The van der Waals surface area contributed by atoms with Gasteiger partial charge in [-0.25, -0.2) is 8.42 Å². The summed E-state index contributed by atoms with van der Waals surface area (Å²) in [5.74, 6) is -1.10. The lowest BCUT2D eigenvalue weighted by atomic mass is 9.99. The zero-order chi connectivity index (χ0) is 29.0. The minimum absolute atomic E-state index is 0.0832. The van der Waals surface area contributed by atoms with Crippen molar-refractivity contribution in [1.29, 1.82) is 0 Å². The Morgan fingerprint density at radius 1 is 1.05 bits per heavy atom. The van der Waals surface area contributed by atoms with Crippen LogP contribution >= 0.6 is 11.3 Å². The quantitative estimate of drug-likeness (QED) is 0.445. The first kappa shape index (κ1) is 30.2. The number of sulfonamides is 1. The van der Waals surface area contributed by atoms with Crippen LogP contribution in [0.15, 0.2) is 29.2 Å². The summed E-state index contributed by atoms with van der Waals surface area (Å²) in [6.07, 6.45) is 1.56. The molecule has 2 aliphatic rings. The van der Waals surface area contributed by atoms with Gasteiger partial charge in [0.2, 0.25) is 10.0 Å². The molecule has 1 saturated heterocycles. The van der Waals surface area contributed by atoms with Crippen LogP contribution in [0, 0.1) is 5.92 Å². The smallest absolute Gasteiger partial charge is 0.308 e. The molecule has 0 saturated carbocycles. The predicted molar refractivity (Wildman–Crippen MR) is 154 cm³/mol. The van der Waals surface area contributed by atoms with Crippen molar-refractivity contribution in [2.45, 2.75) is 51.5 Å². The highest BCUT2D eigenvalue weighted by Gasteiger charge is 2.33. The molecule has 0 spiro atoms. The van der Waals surface area contributed by atoms with Crippen molar-refractivity contribution in [3.8, 4) is 0 Å².